The first-order valence-corrected chi connectivity index (χ1v) is 7.45. The highest BCUT2D eigenvalue weighted by atomic mass is 127. The number of halogens is 4. The predicted octanol–water partition coefficient (Wildman–Crippen LogP) is 5.66. The highest BCUT2D eigenvalue weighted by molar-refractivity contribution is 14.1. The zero-order valence-corrected chi connectivity index (χ0v) is 13.7. The van der Waals surface area contributed by atoms with Crippen molar-refractivity contribution in [2.45, 2.75) is 57.5 Å². The Bertz CT molecular complexity index is 513. The summed E-state index contributed by atoms with van der Waals surface area (Å²) in [5, 5.41) is 0. The molecule has 0 radical (unpaired) electrons. The normalized spacial score (nSPS) is 21.1. The molecule has 19 heavy (non-hydrogen) atoms. The van der Waals surface area contributed by atoms with Crippen molar-refractivity contribution in [1.82, 2.24) is 0 Å². The maximum absolute atomic E-state index is 13.1. The Morgan fingerprint density at radius 1 is 0.947 bits per heavy atom. The van der Waals surface area contributed by atoms with Gasteiger partial charge in [0.2, 0.25) is 0 Å². The second-order valence-electron chi connectivity index (χ2n) is 6.64. The minimum absolute atomic E-state index is 0.0467. The number of hydrogen-bond acceptors (Lipinski definition) is 0. The molecule has 0 fully saturated rings. The predicted molar refractivity (Wildman–Crippen MR) is 79.4 cm³/mol. The summed E-state index contributed by atoms with van der Waals surface area (Å²) in [5.74, 6) is 0. The van der Waals surface area contributed by atoms with Gasteiger partial charge in [-0.15, -0.1) is 0 Å². The molecule has 1 aliphatic rings. The van der Waals surface area contributed by atoms with Crippen LogP contribution >= 0.6 is 22.6 Å². The monoisotopic (exact) mass is 382 g/mol. The summed E-state index contributed by atoms with van der Waals surface area (Å²) in [6.07, 6.45) is -2.34. The minimum atomic E-state index is -4.27. The first-order valence-electron chi connectivity index (χ1n) is 6.37. The van der Waals surface area contributed by atoms with Gasteiger partial charge in [0.1, 0.15) is 0 Å². The summed E-state index contributed by atoms with van der Waals surface area (Å²) < 4.78 is 39.5. The Morgan fingerprint density at radius 2 is 1.37 bits per heavy atom. The summed E-state index contributed by atoms with van der Waals surface area (Å²) >= 11 is 1.80. The van der Waals surface area contributed by atoms with E-state index in [2.05, 4.69) is 13.8 Å². The van der Waals surface area contributed by atoms with Crippen LogP contribution in [-0.2, 0) is 17.0 Å². The zero-order valence-electron chi connectivity index (χ0n) is 11.6. The van der Waals surface area contributed by atoms with Crippen molar-refractivity contribution in [1.29, 1.82) is 0 Å². The molecule has 0 aromatic heterocycles. The minimum Gasteiger partial charge on any atom is -0.166 e. The summed E-state index contributed by atoms with van der Waals surface area (Å²) in [7, 11) is 0. The number of hydrogen-bond donors (Lipinski definition) is 0. The van der Waals surface area contributed by atoms with Crippen LogP contribution in [0.2, 0.25) is 0 Å². The molecule has 0 N–H and O–H groups in total. The Kier molecular flexibility index (Phi) is 3.48. The van der Waals surface area contributed by atoms with Crippen molar-refractivity contribution in [3.63, 3.8) is 0 Å². The van der Waals surface area contributed by atoms with E-state index in [-0.39, 0.29) is 10.8 Å². The van der Waals surface area contributed by atoms with Gasteiger partial charge in [-0.1, -0.05) is 27.7 Å². The standard InChI is InChI=1S/C15H18F3I/c1-13(2)5-6-14(3,4)10-8-12(19)11(7-9(10)13)15(16,17)18/h7-8H,5-6H2,1-4H3. The van der Waals surface area contributed by atoms with E-state index in [1.807, 2.05) is 13.8 Å². The molecule has 0 saturated heterocycles. The molecule has 0 saturated carbocycles. The third kappa shape index (κ3) is 2.65. The van der Waals surface area contributed by atoms with Crippen LogP contribution in [-0.4, -0.2) is 0 Å². The van der Waals surface area contributed by atoms with Gasteiger partial charge in [-0.05, 0) is 69.5 Å². The Hall–Kier alpha value is -0.260. The fraction of sp³-hybridized carbons (Fsp3) is 0.600. The van der Waals surface area contributed by atoms with Crippen LogP contribution in [0.15, 0.2) is 12.1 Å². The lowest BCUT2D eigenvalue weighted by Gasteiger charge is -2.42. The SMILES string of the molecule is CC1(C)CCC(C)(C)c2cc(C(F)(F)F)c(I)cc21. The zero-order chi connectivity index (χ0) is 14.6. The molecule has 4 heteroatoms. The van der Waals surface area contributed by atoms with E-state index in [0.29, 0.717) is 3.57 Å². The van der Waals surface area contributed by atoms with Gasteiger partial charge < -0.3 is 0 Å². The highest BCUT2D eigenvalue weighted by Gasteiger charge is 2.41. The van der Waals surface area contributed by atoms with Crippen molar-refractivity contribution in [2.75, 3.05) is 0 Å². The van der Waals surface area contributed by atoms with Crippen molar-refractivity contribution >= 4 is 22.6 Å². The molecule has 2 rings (SSSR count). The largest absolute Gasteiger partial charge is 0.417 e. The number of benzene rings is 1. The van der Waals surface area contributed by atoms with Crippen molar-refractivity contribution in [2.24, 2.45) is 0 Å². The van der Waals surface area contributed by atoms with Crippen LogP contribution < -0.4 is 0 Å². The average molecular weight is 382 g/mol. The first kappa shape index (κ1) is 15.1. The fourth-order valence-electron chi connectivity index (χ4n) is 2.80. The van der Waals surface area contributed by atoms with E-state index in [1.54, 1.807) is 28.7 Å². The fourth-order valence-corrected chi connectivity index (χ4v) is 3.58. The molecule has 0 aliphatic heterocycles. The van der Waals surface area contributed by atoms with E-state index in [1.165, 1.54) is 6.07 Å². The lowest BCUT2D eigenvalue weighted by atomic mass is 9.63. The van der Waals surface area contributed by atoms with Gasteiger partial charge in [-0.3, -0.25) is 0 Å². The van der Waals surface area contributed by atoms with Crippen LogP contribution in [0, 0.1) is 3.57 Å². The first-order chi connectivity index (χ1) is 8.45. The summed E-state index contributed by atoms with van der Waals surface area (Å²) in [6, 6.07) is 3.11. The third-order valence-electron chi connectivity index (χ3n) is 4.25. The van der Waals surface area contributed by atoms with E-state index in [0.717, 1.165) is 24.0 Å². The van der Waals surface area contributed by atoms with Gasteiger partial charge in [0, 0.05) is 3.57 Å². The molecule has 0 heterocycles. The Labute approximate surface area is 125 Å². The van der Waals surface area contributed by atoms with Crippen molar-refractivity contribution in [3.05, 3.63) is 32.4 Å². The third-order valence-corrected chi connectivity index (χ3v) is 5.14. The van der Waals surface area contributed by atoms with Crippen LogP contribution in [0.1, 0.15) is 57.2 Å². The van der Waals surface area contributed by atoms with Gasteiger partial charge in [0.25, 0.3) is 0 Å². The lowest BCUT2D eigenvalue weighted by Crippen LogP contribution is -2.34. The number of fused-ring (bicyclic) bond motifs is 1. The molecule has 1 aromatic carbocycles. The molecule has 106 valence electrons. The van der Waals surface area contributed by atoms with E-state index in [4.69, 9.17) is 0 Å². The van der Waals surface area contributed by atoms with Crippen molar-refractivity contribution in [3.8, 4) is 0 Å². The molecular formula is C15H18F3I. The van der Waals surface area contributed by atoms with Crippen molar-refractivity contribution < 1.29 is 13.2 Å². The second-order valence-corrected chi connectivity index (χ2v) is 7.81. The molecule has 0 bridgehead atoms. The summed E-state index contributed by atoms with van der Waals surface area (Å²) in [4.78, 5) is 0. The molecule has 0 spiro atoms. The van der Waals surface area contributed by atoms with Gasteiger partial charge in [-0.25, -0.2) is 0 Å². The van der Waals surface area contributed by atoms with Gasteiger partial charge in [0.15, 0.2) is 0 Å². The molecule has 1 aliphatic carbocycles. The second kappa shape index (κ2) is 4.37. The Balaban J connectivity index is 2.72. The van der Waals surface area contributed by atoms with Gasteiger partial charge >= 0.3 is 6.18 Å². The van der Waals surface area contributed by atoms with Crippen LogP contribution in [0.4, 0.5) is 13.2 Å². The highest BCUT2D eigenvalue weighted by Crippen LogP contribution is 2.48. The molecular weight excluding hydrogens is 364 g/mol. The van der Waals surface area contributed by atoms with E-state index >= 15 is 0 Å². The lowest BCUT2D eigenvalue weighted by molar-refractivity contribution is -0.138. The topological polar surface area (TPSA) is 0 Å². The van der Waals surface area contributed by atoms with Crippen LogP contribution in [0.25, 0.3) is 0 Å². The maximum atomic E-state index is 13.1. The van der Waals surface area contributed by atoms with Gasteiger partial charge in [0.05, 0.1) is 5.56 Å². The van der Waals surface area contributed by atoms with Crippen LogP contribution in [0.5, 0.6) is 0 Å². The van der Waals surface area contributed by atoms with Gasteiger partial charge in [-0.2, -0.15) is 13.2 Å². The molecule has 0 unspecified atom stereocenters. The smallest absolute Gasteiger partial charge is 0.166 e. The van der Waals surface area contributed by atoms with Crippen LogP contribution in [0.3, 0.4) is 0 Å². The number of rotatable bonds is 0. The number of alkyl halides is 3. The molecule has 0 nitrogen and oxygen atoms in total. The quantitative estimate of drug-likeness (QED) is 0.508. The summed E-state index contributed by atoms with van der Waals surface area (Å²) in [6.45, 7) is 8.30. The summed E-state index contributed by atoms with van der Waals surface area (Å²) in [5.41, 5.74) is 1.19. The molecule has 1 aromatic rings. The van der Waals surface area contributed by atoms with E-state index < -0.39 is 11.7 Å². The molecule has 0 atom stereocenters. The molecule has 0 amide bonds. The maximum Gasteiger partial charge on any atom is 0.417 e. The Morgan fingerprint density at radius 3 is 1.79 bits per heavy atom. The van der Waals surface area contributed by atoms with E-state index in [9.17, 15) is 13.2 Å². The average Bonchev–Trinajstić information content (AvgIpc) is 2.23.